The summed E-state index contributed by atoms with van der Waals surface area (Å²) in [5, 5.41) is 6.93. The van der Waals surface area contributed by atoms with E-state index in [0.29, 0.717) is 30.6 Å². The second-order valence-corrected chi connectivity index (χ2v) is 4.85. The second kappa shape index (κ2) is 7.55. The molecule has 0 amide bonds. The average molecular weight is 367 g/mol. The van der Waals surface area contributed by atoms with Crippen LogP contribution in [0.1, 0.15) is 39.4 Å². The maximum atomic E-state index is 5.73. The van der Waals surface area contributed by atoms with Crippen LogP contribution in [-0.2, 0) is 12.8 Å². The maximum Gasteiger partial charge on any atom is 0.226 e. The van der Waals surface area contributed by atoms with Gasteiger partial charge in [0, 0.05) is 24.9 Å². The Morgan fingerprint density at radius 3 is 2.61 bits per heavy atom. The Balaban J connectivity index is 0.00000289. The number of hydrogen-bond acceptors (Lipinski definition) is 4. The van der Waals surface area contributed by atoms with Crippen molar-refractivity contribution in [1.82, 2.24) is 15.5 Å². The highest BCUT2D eigenvalue weighted by Gasteiger charge is 2.09. The monoisotopic (exact) mass is 367 g/mol. The van der Waals surface area contributed by atoms with Crippen LogP contribution in [0.3, 0.4) is 0 Å². The van der Waals surface area contributed by atoms with E-state index in [1.807, 2.05) is 27.7 Å². The number of nitrogens with two attached hydrogens (primary N) is 1. The van der Waals surface area contributed by atoms with Gasteiger partial charge in [0.15, 0.2) is 11.8 Å². The minimum Gasteiger partial charge on any atom is -0.370 e. The summed E-state index contributed by atoms with van der Waals surface area (Å²) < 4.78 is 5.00. The van der Waals surface area contributed by atoms with Crippen LogP contribution in [0.25, 0.3) is 0 Å². The molecule has 0 bridgehead atoms. The number of nitrogens with zero attached hydrogens (tertiary/aromatic N) is 3. The lowest BCUT2D eigenvalue weighted by molar-refractivity contribution is 0.376. The van der Waals surface area contributed by atoms with Gasteiger partial charge in [0.05, 0.1) is 0 Å². The Kier molecular flexibility index (Phi) is 7.19. The van der Waals surface area contributed by atoms with E-state index >= 15 is 0 Å². The first-order chi connectivity index (χ1) is 7.90. The molecule has 18 heavy (non-hydrogen) atoms. The van der Waals surface area contributed by atoms with Crippen molar-refractivity contribution in [2.24, 2.45) is 10.7 Å². The van der Waals surface area contributed by atoms with Gasteiger partial charge in [-0.25, -0.2) is 0 Å². The molecule has 1 aromatic heterocycles. The van der Waals surface area contributed by atoms with Crippen molar-refractivity contribution in [1.29, 1.82) is 0 Å². The van der Waals surface area contributed by atoms with Crippen molar-refractivity contribution in [2.75, 3.05) is 6.54 Å². The first-order valence-corrected chi connectivity index (χ1v) is 5.80. The van der Waals surface area contributed by atoms with Crippen LogP contribution in [0.15, 0.2) is 9.52 Å². The van der Waals surface area contributed by atoms with Crippen LogP contribution < -0.4 is 11.1 Å². The first kappa shape index (κ1) is 17.1. The van der Waals surface area contributed by atoms with Crippen molar-refractivity contribution in [2.45, 2.75) is 46.1 Å². The minimum absolute atomic E-state index is 0. The lowest BCUT2D eigenvalue weighted by Crippen LogP contribution is -2.45. The van der Waals surface area contributed by atoms with Gasteiger partial charge in [0.25, 0.3) is 0 Å². The summed E-state index contributed by atoms with van der Waals surface area (Å²) in [5.41, 5.74) is 5.66. The predicted molar refractivity (Wildman–Crippen MR) is 82.2 cm³/mol. The quantitative estimate of drug-likeness (QED) is 0.478. The smallest absolute Gasteiger partial charge is 0.226 e. The fourth-order valence-corrected chi connectivity index (χ4v) is 1.24. The zero-order chi connectivity index (χ0) is 12.9. The molecule has 1 heterocycles. The number of aryl methyl sites for hydroxylation is 1. The van der Waals surface area contributed by atoms with E-state index in [2.05, 4.69) is 20.4 Å². The normalized spacial score (nSPS) is 12.1. The molecule has 0 aliphatic heterocycles. The van der Waals surface area contributed by atoms with E-state index in [0.717, 1.165) is 6.42 Å². The van der Waals surface area contributed by atoms with Crippen molar-refractivity contribution < 1.29 is 4.52 Å². The Labute approximate surface area is 125 Å². The summed E-state index contributed by atoms with van der Waals surface area (Å²) in [6.45, 7) is 8.62. The van der Waals surface area contributed by atoms with Crippen molar-refractivity contribution in [3.05, 3.63) is 11.7 Å². The SMILES string of the molecule is CCc1nc(CCN=C(N)NC(C)(C)C)no1.I. The molecular formula is C11H22IN5O. The van der Waals surface area contributed by atoms with Crippen LogP contribution in [0.5, 0.6) is 0 Å². The summed E-state index contributed by atoms with van der Waals surface area (Å²) in [6, 6.07) is 0. The molecule has 0 saturated carbocycles. The first-order valence-electron chi connectivity index (χ1n) is 5.80. The fraction of sp³-hybridized carbons (Fsp3) is 0.727. The lowest BCUT2D eigenvalue weighted by atomic mass is 10.1. The van der Waals surface area contributed by atoms with Crippen molar-refractivity contribution in [3.63, 3.8) is 0 Å². The highest BCUT2D eigenvalue weighted by Crippen LogP contribution is 1.99. The zero-order valence-corrected chi connectivity index (χ0v) is 13.7. The molecule has 0 fully saturated rings. The number of halogens is 1. The Morgan fingerprint density at radius 1 is 1.44 bits per heavy atom. The molecule has 6 nitrogen and oxygen atoms in total. The van der Waals surface area contributed by atoms with Gasteiger partial charge in [-0.15, -0.1) is 24.0 Å². The number of nitrogens with one attached hydrogen (secondary N) is 1. The molecule has 1 aromatic rings. The minimum atomic E-state index is -0.0743. The lowest BCUT2D eigenvalue weighted by Gasteiger charge is -2.20. The fourth-order valence-electron chi connectivity index (χ4n) is 1.24. The highest BCUT2D eigenvalue weighted by molar-refractivity contribution is 14.0. The summed E-state index contributed by atoms with van der Waals surface area (Å²) in [6.07, 6.45) is 1.39. The number of aromatic nitrogens is 2. The molecule has 3 N–H and O–H groups in total. The summed E-state index contributed by atoms with van der Waals surface area (Å²) in [7, 11) is 0. The van der Waals surface area contributed by atoms with Gasteiger partial charge in [0.2, 0.25) is 5.89 Å². The van der Waals surface area contributed by atoms with Gasteiger partial charge < -0.3 is 15.6 Å². The number of guanidine groups is 1. The molecule has 0 atom stereocenters. The van der Waals surface area contributed by atoms with Gasteiger partial charge in [-0.3, -0.25) is 4.99 Å². The number of hydrogen-bond donors (Lipinski definition) is 2. The third-order valence-electron chi connectivity index (χ3n) is 1.93. The van der Waals surface area contributed by atoms with E-state index in [9.17, 15) is 0 Å². The molecule has 1 rings (SSSR count). The largest absolute Gasteiger partial charge is 0.370 e. The van der Waals surface area contributed by atoms with Gasteiger partial charge in [-0.1, -0.05) is 12.1 Å². The molecule has 104 valence electrons. The summed E-state index contributed by atoms with van der Waals surface area (Å²) >= 11 is 0. The van der Waals surface area contributed by atoms with Gasteiger partial charge in [-0.05, 0) is 20.8 Å². The maximum absolute atomic E-state index is 5.73. The van der Waals surface area contributed by atoms with E-state index in [4.69, 9.17) is 10.3 Å². The summed E-state index contributed by atoms with van der Waals surface area (Å²) in [4.78, 5) is 8.39. The molecular weight excluding hydrogens is 345 g/mol. The van der Waals surface area contributed by atoms with Crippen molar-refractivity contribution >= 4 is 29.9 Å². The Morgan fingerprint density at radius 2 is 2.11 bits per heavy atom. The highest BCUT2D eigenvalue weighted by atomic mass is 127. The molecule has 0 radical (unpaired) electrons. The molecule has 0 aromatic carbocycles. The second-order valence-electron chi connectivity index (χ2n) is 4.85. The van der Waals surface area contributed by atoms with Gasteiger partial charge >= 0.3 is 0 Å². The van der Waals surface area contributed by atoms with Crippen LogP contribution in [0, 0.1) is 0 Å². The van der Waals surface area contributed by atoms with E-state index in [-0.39, 0.29) is 29.5 Å². The predicted octanol–water partition coefficient (Wildman–Crippen LogP) is 1.50. The van der Waals surface area contributed by atoms with Crippen LogP contribution in [0.2, 0.25) is 0 Å². The van der Waals surface area contributed by atoms with E-state index in [1.54, 1.807) is 0 Å². The number of aliphatic imine (C=N–C) groups is 1. The van der Waals surface area contributed by atoms with Crippen LogP contribution >= 0.6 is 24.0 Å². The van der Waals surface area contributed by atoms with Crippen molar-refractivity contribution in [3.8, 4) is 0 Å². The van der Waals surface area contributed by atoms with E-state index in [1.165, 1.54) is 0 Å². The molecule has 0 unspecified atom stereocenters. The molecule has 0 spiro atoms. The summed E-state index contributed by atoms with van der Waals surface area (Å²) in [5.74, 6) is 1.77. The van der Waals surface area contributed by atoms with E-state index < -0.39 is 0 Å². The Hall–Kier alpha value is -0.860. The third-order valence-corrected chi connectivity index (χ3v) is 1.93. The van der Waals surface area contributed by atoms with Gasteiger partial charge in [-0.2, -0.15) is 4.98 Å². The zero-order valence-electron chi connectivity index (χ0n) is 11.4. The molecule has 0 aliphatic rings. The van der Waals surface area contributed by atoms with Crippen LogP contribution in [-0.4, -0.2) is 28.2 Å². The topological polar surface area (TPSA) is 89.3 Å². The standard InChI is InChI=1S/C11H21N5O.HI/c1-5-9-14-8(16-17-9)6-7-13-10(12)15-11(2,3)4;/h5-7H2,1-4H3,(H3,12,13,15);1H. The Bertz CT molecular complexity index is 383. The third kappa shape index (κ3) is 6.77. The van der Waals surface area contributed by atoms with Crippen LogP contribution in [0.4, 0.5) is 0 Å². The molecule has 0 aliphatic carbocycles. The van der Waals surface area contributed by atoms with Gasteiger partial charge in [0.1, 0.15) is 0 Å². The number of rotatable bonds is 4. The molecule has 0 saturated heterocycles. The molecule has 7 heteroatoms. The average Bonchev–Trinajstić information content (AvgIpc) is 2.63.